The summed E-state index contributed by atoms with van der Waals surface area (Å²) in [4.78, 5) is 21.7. The summed E-state index contributed by atoms with van der Waals surface area (Å²) in [6.07, 6.45) is 3.51. The van der Waals surface area contributed by atoms with Crippen LogP contribution in [0.1, 0.15) is 48.4 Å². The van der Waals surface area contributed by atoms with E-state index in [-0.39, 0.29) is 18.2 Å². The monoisotopic (exact) mass is 424 g/mol. The average Bonchev–Trinajstić information content (AvgIpc) is 3.26. The minimum absolute atomic E-state index is 0.0890. The van der Waals surface area contributed by atoms with Crippen LogP contribution < -0.4 is 4.90 Å². The van der Waals surface area contributed by atoms with Gasteiger partial charge in [-0.25, -0.2) is 13.8 Å². The number of nitriles is 1. The maximum absolute atomic E-state index is 13.8. The zero-order valence-corrected chi connectivity index (χ0v) is 17.1. The van der Waals surface area contributed by atoms with Crippen LogP contribution in [0.4, 0.5) is 14.6 Å². The topological polar surface area (TPSA) is 69.5 Å². The Morgan fingerprint density at radius 1 is 1.16 bits per heavy atom. The van der Waals surface area contributed by atoms with Gasteiger partial charge in [-0.05, 0) is 49.1 Å². The number of nitrogens with zero attached hydrogens (tertiary/aromatic N) is 4. The van der Waals surface area contributed by atoms with Crippen LogP contribution in [-0.4, -0.2) is 40.7 Å². The molecule has 1 aromatic carbocycles. The van der Waals surface area contributed by atoms with Crippen LogP contribution in [0.2, 0.25) is 0 Å². The van der Waals surface area contributed by atoms with Crippen molar-refractivity contribution in [3.8, 4) is 6.07 Å². The highest BCUT2D eigenvalue weighted by molar-refractivity contribution is 5.88. The van der Waals surface area contributed by atoms with Crippen LogP contribution in [0.15, 0.2) is 30.5 Å². The second kappa shape index (κ2) is 7.27. The van der Waals surface area contributed by atoms with Crippen molar-refractivity contribution in [2.75, 3.05) is 18.0 Å². The molecular weight excluding hydrogens is 402 g/mol. The first kappa shape index (κ1) is 19.9. The van der Waals surface area contributed by atoms with Crippen molar-refractivity contribution in [2.24, 2.45) is 0 Å². The lowest BCUT2D eigenvalue weighted by Gasteiger charge is -2.38. The molecule has 5 rings (SSSR count). The van der Waals surface area contributed by atoms with Crippen molar-refractivity contribution < 1.29 is 18.3 Å². The minimum Gasteiger partial charge on any atom is -0.356 e. The zero-order chi connectivity index (χ0) is 21.8. The number of fused-ring (bicyclic) bond motifs is 1. The standard InChI is InChI=1S/C23H22F2N4O2/c1-14-8-15(12-26)13-27-21(14)28-6-4-23(5-7-28)22(30)29-19(2-3-20(29)31-23)16-9-17(24)11-18(25)10-16/h8-11,13,19-20H,2-7H2,1H3. The Bertz CT molecular complexity index is 1070. The Kier molecular flexibility index (Phi) is 4.67. The molecule has 2 unspecified atom stereocenters. The van der Waals surface area contributed by atoms with Gasteiger partial charge in [0.2, 0.25) is 0 Å². The Morgan fingerprint density at radius 3 is 2.52 bits per heavy atom. The lowest BCUT2D eigenvalue weighted by Crippen LogP contribution is -2.50. The van der Waals surface area contributed by atoms with Gasteiger partial charge in [0.05, 0.1) is 11.6 Å². The highest BCUT2D eigenvalue weighted by atomic mass is 19.1. The zero-order valence-electron chi connectivity index (χ0n) is 17.1. The number of pyridine rings is 1. The Hall–Kier alpha value is -3.05. The summed E-state index contributed by atoms with van der Waals surface area (Å²) >= 11 is 0. The highest BCUT2D eigenvalue weighted by Gasteiger charge is 2.58. The number of ether oxygens (including phenoxy) is 1. The highest BCUT2D eigenvalue weighted by Crippen LogP contribution is 2.48. The number of carbonyl (C=O) groups excluding carboxylic acids is 1. The van der Waals surface area contributed by atoms with Gasteiger partial charge in [-0.2, -0.15) is 5.26 Å². The molecule has 1 aromatic heterocycles. The Morgan fingerprint density at radius 2 is 1.87 bits per heavy atom. The van der Waals surface area contributed by atoms with Gasteiger partial charge in [0.1, 0.15) is 29.7 Å². The fourth-order valence-corrected chi connectivity index (χ4v) is 5.18. The molecule has 0 bridgehead atoms. The molecule has 4 heterocycles. The van der Waals surface area contributed by atoms with Gasteiger partial charge in [0.15, 0.2) is 5.60 Å². The van der Waals surface area contributed by atoms with Gasteiger partial charge >= 0.3 is 0 Å². The molecule has 160 valence electrons. The van der Waals surface area contributed by atoms with Crippen LogP contribution in [0.3, 0.4) is 0 Å². The number of aryl methyl sites for hydroxylation is 1. The minimum atomic E-state index is -0.897. The van der Waals surface area contributed by atoms with E-state index < -0.39 is 17.2 Å². The molecule has 8 heteroatoms. The molecule has 31 heavy (non-hydrogen) atoms. The molecule has 3 fully saturated rings. The second-order valence-electron chi connectivity index (χ2n) is 8.54. The number of carbonyl (C=O) groups is 1. The van der Waals surface area contributed by atoms with E-state index in [2.05, 4.69) is 16.0 Å². The third-order valence-corrected chi connectivity index (χ3v) is 6.64. The smallest absolute Gasteiger partial charge is 0.257 e. The first-order valence-electron chi connectivity index (χ1n) is 10.5. The van der Waals surface area contributed by atoms with E-state index in [1.54, 1.807) is 11.1 Å². The van der Waals surface area contributed by atoms with E-state index in [4.69, 9.17) is 10.00 Å². The molecule has 1 amide bonds. The van der Waals surface area contributed by atoms with Crippen molar-refractivity contribution in [2.45, 2.75) is 50.5 Å². The van der Waals surface area contributed by atoms with Crippen LogP contribution >= 0.6 is 0 Å². The van der Waals surface area contributed by atoms with E-state index in [0.717, 1.165) is 17.4 Å². The number of amides is 1. The molecule has 2 atom stereocenters. The van der Waals surface area contributed by atoms with Crippen LogP contribution in [0, 0.1) is 29.9 Å². The van der Waals surface area contributed by atoms with Gasteiger partial charge in [-0.3, -0.25) is 4.79 Å². The molecule has 3 aliphatic heterocycles. The summed E-state index contributed by atoms with van der Waals surface area (Å²) in [5, 5.41) is 9.04. The molecule has 3 aliphatic rings. The van der Waals surface area contributed by atoms with E-state index >= 15 is 0 Å². The SMILES string of the molecule is Cc1cc(C#N)cnc1N1CCC2(CC1)OC1CCC(c3cc(F)cc(F)c3)N1C2=O. The summed E-state index contributed by atoms with van der Waals surface area (Å²) in [6.45, 7) is 3.13. The third-order valence-electron chi connectivity index (χ3n) is 6.64. The van der Waals surface area contributed by atoms with Gasteiger partial charge in [-0.15, -0.1) is 0 Å². The molecule has 0 N–H and O–H groups in total. The number of anilines is 1. The molecular formula is C23H22F2N4O2. The second-order valence-corrected chi connectivity index (χ2v) is 8.54. The van der Waals surface area contributed by atoms with E-state index in [0.29, 0.717) is 49.9 Å². The van der Waals surface area contributed by atoms with E-state index in [9.17, 15) is 13.6 Å². The lowest BCUT2D eigenvalue weighted by molar-refractivity contribution is -0.140. The Balaban J connectivity index is 1.34. The van der Waals surface area contributed by atoms with Crippen LogP contribution in [0.5, 0.6) is 0 Å². The van der Waals surface area contributed by atoms with Crippen molar-refractivity contribution >= 4 is 11.7 Å². The summed E-state index contributed by atoms with van der Waals surface area (Å²) in [7, 11) is 0. The third kappa shape index (κ3) is 3.24. The molecule has 0 radical (unpaired) electrons. The summed E-state index contributed by atoms with van der Waals surface area (Å²) in [5.41, 5.74) is 1.02. The van der Waals surface area contributed by atoms with Crippen molar-refractivity contribution in [1.82, 2.24) is 9.88 Å². The van der Waals surface area contributed by atoms with Crippen LogP contribution in [-0.2, 0) is 9.53 Å². The summed E-state index contributed by atoms with van der Waals surface area (Å²) in [6, 6.07) is 6.97. The summed E-state index contributed by atoms with van der Waals surface area (Å²) < 4.78 is 33.8. The molecule has 6 nitrogen and oxygen atoms in total. The maximum atomic E-state index is 13.8. The predicted octanol–water partition coefficient (Wildman–Crippen LogP) is 3.60. The predicted molar refractivity (Wildman–Crippen MR) is 108 cm³/mol. The van der Waals surface area contributed by atoms with E-state index in [1.807, 2.05) is 13.0 Å². The molecule has 0 aliphatic carbocycles. The maximum Gasteiger partial charge on any atom is 0.257 e. The first-order chi connectivity index (χ1) is 14.9. The molecule has 3 saturated heterocycles. The molecule has 1 spiro atoms. The fraction of sp³-hybridized carbons (Fsp3) is 0.435. The van der Waals surface area contributed by atoms with Crippen molar-refractivity contribution in [3.63, 3.8) is 0 Å². The number of hydrogen-bond donors (Lipinski definition) is 0. The Labute approximate surface area is 179 Å². The number of hydrogen-bond acceptors (Lipinski definition) is 5. The molecule has 2 aromatic rings. The van der Waals surface area contributed by atoms with Gasteiger partial charge in [-0.1, -0.05) is 0 Å². The number of halogens is 2. The number of piperidine rings is 1. The average molecular weight is 424 g/mol. The summed E-state index contributed by atoms with van der Waals surface area (Å²) in [5.74, 6) is -0.555. The van der Waals surface area contributed by atoms with E-state index in [1.165, 1.54) is 12.1 Å². The number of aromatic nitrogens is 1. The van der Waals surface area contributed by atoms with Gasteiger partial charge < -0.3 is 14.5 Å². The normalized spacial score (nSPS) is 24.5. The van der Waals surface area contributed by atoms with Crippen molar-refractivity contribution in [1.29, 1.82) is 5.26 Å². The van der Waals surface area contributed by atoms with Crippen LogP contribution in [0.25, 0.3) is 0 Å². The van der Waals surface area contributed by atoms with Crippen molar-refractivity contribution in [3.05, 3.63) is 58.8 Å². The first-order valence-corrected chi connectivity index (χ1v) is 10.5. The quantitative estimate of drug-likeness (QED) is 0.737. The largest absolute Gasteiger partial charge is 0.356 e. The van der Waals surface area contributed by atoms with Gasteiger partial charge in [0, 0.05) is 38.2 Å². The fourth-order valence-electron chi connectivity index (χ4n) is 5.18. The number of benzene rings is 1. The lowest BCUT2D eigenvalue weighted by atomic mass is 9.89. The van der Waals surface area contributed by atoms with Gasteiger partial charge in [0.25, 0.3) is 5.91 Å². The molecule has 0 saturated carbocycles. The number of rotatable bonds is 2.